The fourth-order valence-corrected chi connectivity index (χ4v) is 8.34. The van der Waals surface area contributed by atoms with Crippen LogP contribution in [-0.2, 0) is 9.53 Å². The summed E-state index contributed by atoms with van der Waals surface area (Å²) in [5.41, 5.74) is 1.16. The van der Waals surface area contributed by atoms with Crippen LogP contribution in [0.25, 0.3) is 0 Å². The van der Waals surface area contributed by atoms with Crippen molar-refractivity contribution in [3.8, 4) is 0 Å². The molecular formula is C31H55NO3. The molecule has 4 bridgehead atoms. The molecule has 4 rings (SSSR count). The van der Waals surface area contributed by atoms with E-state index in [0.29, 0.717) is 24.0 Å². The number of aliphatic hydroxyl groups excluding tert-OH is 1. The maximum absolute atomic E-state index is 12.2. The lowest BCUT2D eigenvalue weighted by molar-refractivity contribution is -0.150. The molecule has 4 aliphatic carbocycles. The van der Waals surface area contributed by atoms with Crippen LogP contribution in [0.3, 0.4) is 0 Å². The van der Waals surface area contributed by atoms with E-state index in [9.17, 15) is 9.90 Å². The topological polar surface area (TPSA) is 58.6 Å². The first-order valence-electron chi connectivity index (χ1n) is 15.0. The Hall–Kier alpha value is -0.870. The van der Waals surface area contributed by atoms with E-state index in [4.69, 9.17) is 4.74 Å². The summed E-state index contributed by atoms with van der Waals surface area (Å²) in [4.78, 5) is 12.2. The van der Waals surface area contributed by atoms with Crippen LogP contribution in [0.1, 0.15) is 143 Å². The Kier molecular flexibility index (Phi) is 11.2. The number of ether oxygens (including phenoxy) is 1. The monoisotopic (exact) mass is 489 g/mol. The fourth-order valence-electron chi connectivity index (χ4n) is 8.34. The highest BCUT2D eigenvalue weighted by Crippen LogP contribution is 2.66. The van der Waals surface area contributed by atoms with Gasteiger partial charge in [-0.15, -0.1) is 0 Å². The van der Waals surface area contributed by atoms with Crippen LogP contribution >= 0.6 is 0 Å². The van der Waals surface area contributed by atoms with Gasteiger partial charge in [-0.1, -0.05) is 77.9 Å². The molecule has 0 aromatic carbocycles. The molecule has 0 amide bonds. The summed E-state index contributed by atoms with van der Waals surface area (Å²) in [5, 5.41) is 13.7. The highest BCUT2D eigenvalue weighted by molar-refractivity contribution is 5.69. The summed E-state index contributed by atoms with van der Waals surface area (Å²) in [5.74, 6) is 0.808. The lowest BCUT2D eigenvalue weighted by atomic mass is 9.43. The molecule has 202 valence electrons. The average Bonchev–Trinajstić information content (AvgIpc) is 2.75. The molecule has 2 N–H and O–H groups in total. The molecule has 2 unspecified atom stereocenters. The number of hydrogen-bond acceptors (Lipinski definition) is 4. The van der Waals surface area contributed by atoms with Crippen molar-refractivity contribution < 1.29 is 14.6 Å². The Balaban J connectivity index is 1.15. The standard InChI is InChI=1S/C31H55NO3/c1-4-5-6-13-16-27(33)17-14-11-9-7-8-10-12-15-18-28(34)35-25-32-31-21-26-19-29(2,23-31)22-30(3,20-26)24-31/h11,14,26-27,32-33H,4-10,12-13,15-25H2,1-3H3/b14-11-/t26?,27-,29?,30?,31?/m1/s1. The Morgan fingerprint density at radius 1 is 0.943 bits per heavy atom. The molecular weight excluding hydrogens is 434 g/mol. The molecule has 0 aromatic rings. The summed E-state index contributed by atoms with van der Waals surface area (Å²) < 4.78 is 5.60. The van der Waals surface area contributed by atoms with Crippen molar-refractivity contribution >= 4 is 5.97 Å². The van der Waals surface area contributed by atoms with Crippen LogP contribution in [0.5, 0.6) is 0 Å². The minimum atomic E-state index is -0.169. The van der Waals surface area contributed by atoms with Crippen molar-refractivity contribution in [3.63, 3.8) is 0 Å². The number of carbonyl (C=O) groups excluding carboxylic acids is 1. The van der Waals surface area contributed by atoms with Gasteiger partial charge in [0.2, 0.25) is 0 Å². The zero-order chi connectivity index (χ0) is 25.2. The van der Waals surface area contributed by atoms with E-state index in [0.717, 1.165) is 44.4 Å². The third-order valence-corrected chi connectivity index (χ3v) is 9.02. The van der Waals surface area contributed by atoms with Crippen molar-refractivity contribution in [1.29, 1.82) is 0 Å². The van der Waals surface area contributed by atoms with Crippen LogP contribution in [-0.4, -0.2) is 29.4 Å². The van der Waals surface area contributed by atoms with Gasteiger partial charge in [0.25, 0.3) is 0 Å². The van der Waals surface area contributed by atoms with Gasteiger partial charge in [-0.2, -0.15) is 0 Å². The van der Waals surface area contributed by atoms with E-state index in [-0.39, 0.29) is 17.6 Å². The molecule has 4 saturated carbocycles. The van der Waals surface area contributed by atoms with Gasteiger partial charge in [0.05, 0.1) is 6.10 Å². The minimum absolute atomic E-state index is 0.0455. The summed E-state index contributed by atoms with van der Waals surface area (Å²) >= 11 is 0. The lowest BCUT2D eigenvalue weighted by Crippen LogP contribution is -2.64. The molecule has 0 saturated heterocycles. The van der Waals surface area contributed by atoms with Gasteiger partial charge in [-0.25, -0.2) is 0 Å². The fraction of sp³-hybridized carbons (Fsp3) is 0.903. The Morgan fingerprint density at radius 2 is 1.63 bits per heavy atom. The minimum Gasteiger partial charge on any atom is -0.450 e. The van der Waals surface area contributed by atoms with Crippen molar-refractivity contribution in [2.24, 2.45) is 16.7 Å². The first-order chi connectivity index (χ1) is 16.8. The van der Waals surface area contributed by atoms with Crippen LogP contribution in [0, 0.1) is 16.7 Å². The van der Waals surface area contributed by atoms with E-state index >= 15 is 0 Å². The smallest absolute Gasteiger partial charge is 0.307 e. The first-order valence-corrected chi connectivity index (χ1v) is 15.0. The number of allylic oxidation sites excluding steroid dienone is 1. The Labute approximate surface area is 216 Å². The SMILES string of the molecule is CCCCCC[C@@H](O)C/C=C\CCCCCCCC(=O)OCNC12CC3CC(C)(CC(C)(C3)C1)C2. The van der Waals surface area contributed by atoms with Gasteiger partial charge in [0.15, 0.2) is 0 Å². The summed E-state index contributed by atoms with van der Waals surface area (Å²) in [6, 6.07) is 0. The number of unbranched alkanes of at least 4 members (excludes halogenated alkanes) is 8. The third kappa shape index (κ3) is 9.50. The zero-order valence-electron chi connectivity index (χ0n) is 23.2. The van der Waals surface area contributed by atoms with E-state index in [1.165, 1.54) is 77.0 Å². The van der Waals surface area contributed by atoms with E-state index in [1.807, 2.05) is 0 Å². The highest BCUT2D eigenvalue weighted by atomic mass is 16.5. The Morgan fingerprint density at radius 3 is 2.34 bits per heavy atom. The molecule has 0 radical (unpaired) electrons. The highest BCUT2D eigenvalue weighted by Gasteiger charge is 2.59. The van der Waals surface area contributed by atoms with Gasteiger partial charge in [0, 0.05) is 12.0 Å². The number of hydrogen-bond donors (Lipinski definition) is 2. The number of nitrogens with one attached hydrogen (secondary N) is 1. The van der Waals surface area contributed by atoms with Crippen molar-refractivity contribution in [1.82, 2.24) is 5.32 Å². The average molecular weight is 490 g/mol. The maximum atomic E-state index is 12.2. The van der Waals surface area contributed by atoms with Crippen molar-refractivity contribution in [3.05, 3.63) is 12.2 Å². The van der Waals surface area contributed by atoms with Crippen molar-refractivity contribution in [2.75, 3.05) is 6.73 Å². The lowest BCUT2D eigenvalue weighted by Gasteiger charge is -2.65. The maximum Gasteiger partial charge on any atom is 0.307 e. The summed E-state index contributed by atoms with van der Waals surface area (Å²) in [6.45, 7) is 7.57. The van der Waals surface area contributed by atoms with E-state index < -0.39 is 0 Å². The van der Waals surface area contributed by atoms with Crippen LogP contribution < -0.4 is 5.32 Å². The number of rotatable bonds is 18. The Bertz CT molecular complexity index is 656. The number of aliphatic hydroxyl groups is 1. The second-order valence-electron chi connectivity index (χ2n) is 13.3. The second-order valence-corrected chi connectivity index (χ2v) is 13.3. The molecule has 0 aromatic heterocycles. The van der Waals surface area contributed by atoms with Gasteiger partial charge in [0.1, 0.15) is 6.73 Å². The molecule has 4 aliphatic rings. The van der Waals surface area contributed by atoms with Crippen LogP contribution in [0.2, 0.25) is 0 Å². The predicted octanol–water partition coefficient (Wildman–Crippen LogP) is 7.83. The zero-order valence-corrected chi connectivity index (χ0v) is 23.2. The van der Waals surface area contributed by atoms with E-state index in [1.54, 1.807) is 0 Å². The van der Waals surface area contributed by atoms with Crippen molar-refractivity contribution in [2.45, 2.75) is 154 Å². The molecule has 0 heterocycles. The molecule has 0 spiro atoms. The number of esters is 1. The first kappa shape index (κ1) is 28.7. The molecule has 4 fully saturated rings. The molecule has 0 aliphatic heterocycles. The molecule has 4 nitrogen and oxygen atoms in total. The van der Waals surface area contributed by atoms with Crippen LogP contribution in [0.4, 0.5) is 0 Å². The molecule has 3 atom stereocenters. The summed E-state index contributed by atoms with van der Waals surface area (Å²) in [7, 11) is 0. The normalized spacial score (nSPS) is 32.4. The largest absolute Gasteiger partial charge is 0.450 e. The molecule has 35 heavy (non-hydrogen) atoms. The third-order valence-electron chi connectivity index (χ3n) is 9.02. The second kappa shape index (κ2) is 13.6. The van der Waals surface area contributed by atoms with Gasteiger partial charge in [-0.05, 0) is 87.4 Å². The summed E-state index contributed by atoms with van der Waals surface area (Å²) in [6.07, 6.45) is 26.0. The van der Waals surface area contributed by atoms with Gasteiger partial charge in [-0.3, -0.25) is 10.1 Å². The molecule has 4 heteroatoms. The quantitative estimate of drug-likeness (QED) is 0.0891. The van der Waals surface area contributed by atoms with Crippen LogP contribution in [0.15, 0.2) is 12.2 Å². The predicted molar refractivity (Wildman–Crippen MR) is 145 cm³/mol. The van der Waals surface area contributed by atoms with E-state index in [2.05, 4.69) is 38.2 Å². The van der Waals surface area contributed by atoms with Gasteiger partial charge >= 0.3 is 5.97 Å². The number of carbonyl (C=O) groups is 1. The van der Waals surface area contributed by atoms with Gasteiger partial charge < -0.3 is 9.84 Å².